The SMILES string of the molecule is CC(C)(C)C1CCC2(CC1)[Se]CC[Se]2. The first-order valence-corrected chi connectivity index (χ1v) is 9.93. The van der Waals surface area contributed by atoms with E-state index in [1.54, 1.807) is 23.5 Å². The Balaban J connectivity index is 1.92. The molecule has 0 N–H and O–H groups in total. The van der Waals surface area contributed by atoms with E-state index < -0.39 is 0 Å². The molecule has 1 aliphatic carbocycles. The quantitative estimate of drug-likeness (QED) is 0.597. The second-order valence-electron chi connectivity index (χ2n) is 5.75. The van der Waals surface area contributed by atoms with Crippen molar-refractivity contribution in [1.29, 1.82) is 0 Å². The molecule has 0 aromatic rings. The summed E-state index contributed by atoms with van der Waals surface area (Å²) in [6.45, 7) is 7.29. The average molecular weight is 324 g/mol. The molecule has 0 amide bonds. The van der Waals surface area contributed by atoms with Crippen LogP contribution in [-0.2, 0) is 0 Å². The van der Waals surface area contributed by atoms with Crippen LogP contribution in [0.25, 0.3) is 0 Å². The number of rotatable bonds is 0. The van der Waals surface area contributed by atoms with Gasteiger partial charge in [-0.1, -0.05) is 0 Å². The molecule has 1 spiro atoms. The Labute approximate surface area is 101 Å². The molecule has 1 heterocycles. The van der Waals surface area contributed by atoms with Crippen LogP contribution in [0, 0.1) is 11.3 Å². The zero-order valence-corrected chi connectivity index (χ0v) is 13.1. The summed E-state index contributed by atoms with van der Waals surface area (Å²) in [5.41, 5.74) is 0.570. The predicted molar refractivity (Wildman–Crippen MR) is 65.2 cm³/mol. The van der Waals surface area contributed by atoms with Crippen LogP contribution in [0.15, 0.2) is 0 Å². The summed E-state index contributed by atoms with van der Waals surface area (Å²) in [6, 6.07) is 0. The minimum absolute atomic E-state index is 0.570. The summed E-state index contributed by atoms with van der Waals surface area (Å²) in [7, 11) is 0. The number of hydrogen-bond acceptors (Lipinski definition) is 0. The molecule has 1 saturated carbocycles. The van der Waals surface area contributed by atoms with Crippen molar-refractivity contribution in [3.63, 3.8) is 0 Å². The van der Waals surface area contributed by atoms with Crippen molar-refractivity contribution in [3.8, 4) is 0 Å². The maximum atomic E-state index is 2.43. The Morgan fingerprint density at radius 3 is 1.93 bits per heavy atom. The Kier molecular flexibility index (Phi) is 3.40. The summed E-state index contributed by atoms with van der Waals surface area (Å²) in [5.74, 6) is 1.01. The van der Waals surface area contributed by atoms with Gasteiger partial charge < -0.3 is 0 Å². The van der Waals surface area contributed by atoms with Gasteiger partial charge in [-0.2, -0.15) is 0 Å². The van der Waals surface area contributed by atoms with Crippen LogP contribution < -0.4 is 0 Å². The van der Waals surface area contributed by atoms with Crippen LogP contribution in [0.4, 0.5) is 0 Å². The molecule has 2 rings (SSSR count). The van der Waals surface area contributed by atoms with Crippen LogP contribution >= 0.6 is 0 Å². The fraction of sp³-hybridized carbons (Fsp3) is 1.00. The normalized spacial score (nSPS) is 28.5. The molecule has 82 valence electrons. The van der Waals surface area contributed by atoms with Crippen LogP contribution in [0.3, 0.4) is 0 Å². The Morgan fingerprint density at radius 1 is 1.00 bits per heavy atom. The Bertz CT molecular complexity index is 189. The third-order valence-electron chi connectivity index (χ3n) is 3.79. The monoisotopic (exact) mass is 326 g/mol. The van der Waals surface area contributed by atoms with Crippen molar-refractivity contribution < 1.29 is 0 Å². The molecule has 0 nitrogen and oxygen atoms in total. The molecule has 1 saturated heterocycles. The van der Waals surface area contributed by atoms with Crippen molar-refractivity contribution in [2.24, 2.45) is 11.3 Å². The van der Waals surface area contributed by atoms with E-state index in [0.29, 0.717) is 5.41 Å². The standard InChI is InChI=1S/C12H22Se2/c1-11(2,3)10-4-6-12(7-5-10)13-8-9-14-12/h10H,4-9H2,1-3H3. The predicted octanol–water partition coefficient (Wildman–Crippen LogP) is 3.60. The van der Waals surface area contributed by atoms with E-state index in [4.69, 9.17) is 0 Å². The first-order chi connectivity index (χ1) is 6.52. The van der Waals surface area contributed by atoms with Crippen LogP contribution in [0.5, 0.6) is 0 Å². The van der Waals surface area contributed by atoms with Crippen molar-refractivity contribution in [2.45, 2.75) is 60.3 Å². The van der Waals surface area contributed by atoms with E-state index in [2.05, 4.69) is 20.8 Å². The molecule has 0 radical (unpaired) electrons. The summed E-state index contributed by atoms with van der Waals surface area (Å²) in [4.78, 5) is 0. The van der Waals surface area contributed by atoms with Gasteiger partial charge in [-0.3, -0.25) is 0 Å². The van der Waals surface area contributed by atoms with Gasteiger partial charge in [-0.15, -0.1) is 0 Å². The van der Waals surface area contributed by atoms with Gasteiger partial charge in [-0.05, 0) is 0 Å². The molecule has 0 bridgehead atoms. The van der Waals surface area contributed by atoms with E-state index in [9.17, 15) is 0 Å². The summed E-state index contributed by atoms with van der Waals surface area (Å²) >= 11 is 2.05. The van der Waals surface area contributed by atoms with Gasteiger partial charge in [-0.25, -0.2) is 0 Å². The molecule has 2 aliphatic rings. The van der Waals surface area contributed by atoms with E-state index in [1.165, 1.54) is 12.8 Å². The molecule has 0 aromatic carbocycles. The van der Waals surface area contributed by atoms with Gasteiger partial charge in [0.15, 0.2) is 0 Å². The summed E-state index contributed by atoms with van der Waals surface area (Å²) < 4.78 is 0.946. The maximum absolute atomic E-state index is 2.43. The molecule has 0 unspecified atom stereocenters. The van der Waals surface area contributed by atoms with Gasteiger partial charge in [0.2, 0.25) is 0 Å². The van der Waals surface area contributed by atoms with E-state index in [0.717, 1.165) is 39.0 Å². The van der Waals surface area contributed by atoms with Crippen molar-refractivity contribution in [1.82, 2.24) is 0 Å². The first-order valence-electron chi connectivity index (χ1n) is 5.80. The molecule has 2 fully saturated rings. The fourth-order valence-electron chi connectivity index (χ4n) is 2.71. The van der Waals surface area contributed by atoms with Crippen molar-refractivity contribution in [3.05, 3.63) is 0 Å². The zero-order chi connectivity index (χ0) is 10.2. The molecule has 0 aromatic heterocycles. The van der Waals surface area contributed by atoms with E-state index in [1.807, 2.05) is 0 Å². The molecule has 0 atom stereocenters. The summed E-state index contributed by atoms with van der Waals surface area (Å²) in [6.07, 6.45) is 6.25. The fourth-order valence-corrected chi connectivity index (χ4v) is 11.5. The number of hydrogen-bond donors (Lipinski definition) is 0. The van der Waals surface area contributed by atoms with Gasteiger partial charge in [0.25, 0.3) is 0 Å². The van der Waals surface area contributed by atoms with E-state index >= 15 is 0 Å². The molecule has 2 heteroatoms. The molecule has 1 aliphatic heterocycles. The third kappa shape index (κ3) is 2.40. The Hall–Kier alpha value is 1.04. The van der Waals surface area contributed by atoms with Crippen molar-refractivity contribution in [2.75, 3.05) is 0 Å². The Morgan fingerprint density at radius 2 is 1.50 bits per heavy atom. The van der Waals surface area contributed by atoms with Crippen LogP contribution in [0.1, 0.15) is 46.5 Å². The van der Waals surface area contributed by atoms with Crippen LogP contribution in [-0.4, -0.2) is 29.9 Å². The molecular weight excluding hydrogens is 302 g/mol. The average Bonchev–Trinajstić information content (AvgIpc) is 2.53. The van der Waals surface area contributed by atoms with E-state index in [-0.39, 0.29) is 0 Å². The second-order valence-corrected chi connectivity index (χ2v) is 13.3. The zero-order valence-electron chi connectivity index (χ0n) is 9.64. The third-order valence-corrected chi connectivity index (χ3v) is 13.3. The van der Waals surface area contributed by atoms with Gasteiger partial charge >= 0.3 is 102 Å². The first kappa shape index (κ1) is 11.5. The van der Waals surface area contributed by atoms with Gasteiger partial charge in [0.1, 0.15) is 0 Å². The summed E-state index contributed by atoms with van der Waals surface area (Å²) in [5, 5.41) is 3.21. The molecule has 14 heavy (non-hydrogen) atoms. The van der Waals surface area contributed by atoms with Gasteiger partial charge in [0, 0.05) is 0 Å². The van der Waals surface area contributed by atoms with Gasteiger partial charge in [0.05, 0.1) is 0 Å². The topological polar surface area (TPSA) is 0 Å². The second kappa shape index (κ2) is 4.13. The molecular formula is C12H22Se2. The van der Waals surface area contributed by atoms with Crippen LogP contribution in [0.2, 0.25) is 13.9 Å². The van der Waals surface area contributed by atoms with Crippen molar-refractivity contribution >= 4 is 29.9 Å². The minimum atomic E-state index is 0.570.